The molecule has 3 nitrogen and oxygen atoms in total. The third kappa shape index (κ3) is 5.57. The SMILES string of the molecule is C=C(CCC)C(=O)N(CC)CCCCN. The molecule has 0 rings (SSSR count). The zero-order valence-electron chi connectivity index (χ0n) is 10.1. The van der Waals surface area contributed by atoms with Crippen molar-refractivity contribution in [2.24, 2.45) is 5.73 Å². The number of nitrogens with zero attached hydrogens (tertiary/aromatic N) is 1. The maximum atomic E-state index is 11.9. The van der Waals surface area contributed by atoms with Crippen molar-refractivity contribution in [3.63, 3.8) is 0 Å². The Morgan fingerprint density at radius 2 is 2.00 bits per heavy atom. The van der Waals surface area contributed by atoms with Crippen LogP contribution in [-0.2, 0) is 4.79 Å². The predicted molar refractivity (Wildman–Crippen MR) is 64.6 cm³/mol. The van der Waals surface area contributed by atoms with Gasteiger partial charge in [-0.25, -0.2) is 0 Å². The Balaban J connectivity index is 4.03. The Bertz CT molecular complexity index is 202. The van der Waals surface area contributed by atoms with E-state index in [0.717, 1.165) is 44.3 Å². The van der Waals surface area contributed by atoms with Crippen molar-refractivity contribution in [1.82, 2.24) is 4.90 Å². The number of amides is 1. The zero-order chi connectivity index (χ0) is 11.7. The van der Waals surface area contributed by atoms with E-state index in [2.05, 4.69) is 13.5 Å². The van der Waals surface area contributed by atoms with Crippen LogP contribution >= 0.6 is 0 Å². The molecule has 15 heavy (non-hydrogen) atoms. The molecule has 0 radical (unpaired) electrons. The summed E-state index contributed by atoms with van der Waals surface area (Å²) in [7, 11) is 0. The van der Waals surface area contributed by atoms with E-state index in [-0.39, 0.29) is 5.91 Å². The summed E-state index contributed by atoms with van der Waals surface area (Å²) in [5.74, 6) is 0.108. The quantitative estimate of drug-likeness (QED) is 0.493. The summed E-state index contributed by atoms with van der Waals surface area (Å²) in [5, 5.41) is 0. The standard InChI is InChI=1S/C12H24N2O/c1-4-8-11(3)12(15)14(5-2)10-7-6-9-13/h3-10,13H2,1-2H3. The van der Waals surface area contributed by atoms with Gasteiger partial charge in [-0.2, -0.15) is 0 Å². The van der Waals surface area contributed by atoms with Crippen LogP contribution in [0.3, 0.4) is 0 Å². The van der Waals surface area contributed by atoms with Gasteiger partial charge < -0.3 is 10.6 Å². The Labute approximate surface area is 93.3 Å². The highest BCUT2D eigenvalue weighted by molar-refractivity contribution is 5.92. The predicted octanol–water partition coefficient (Wildman–Crippen LogP) is 1.93. The van der Waals surface area contributed by atoms with Crippen LogP contribution < -0.4 is 5.73 Å². The Kier molecular flexibility index (Phi) is 8.01. The number of rotatable bonds is 8. The lowest BCUT2D eigenvalue weighted by Crippen LogP contribution is -2.32. The van der Waals surface area contributed by atoms with Crippen LogP contribution in [0.4, 0.5) is 0 Å². The second kappa shape index (κ2) is 8.48. The number of carbonyl (C=O) groups is 1. The van der Waals surface area contributed by atoms with E-state index in [9.17, 15) is 4.79 Å². The summed E-state index contributed by atoms with van der Waals surface area (Å²) < 4.78 is 0. The van der Waals surface area contributed by atoms with E-state index in [1.807, 2.05) is 11.8 Å². The van der Waals surface area contributed by atoms with Gasteiger partial charge in [0.15, 0.2) is 0 Å². The van der Waals surface area contributed by atoms with Crippen LogP contribution in [0.5, 0.6) is 0 Å². The van der Waals surface area contributed by atoms with E-state index in [0.29, 0.717) is 6.54 Å². The summed E-state index contributed by atoms with van der Waals surface area (Å²) in [6, 6.07) is 0. The monoisotopic (exact) mass is 212 g/mol. The van der Waals surface area contributed by atoms with Gasteiger partial charge in [0.05, 0.1) is 0 Å². The van der Waals surface area contributed by atoms with Crippen molar-refractivity contribution in [2.75, 3.05) is 19.6 Å². The molecule has 0 spiro atoms. The van der Waals surface area contributed by atoms with E-state index < -0.39 is 0 Å². The van der Waals surface area contributed by atoms with Crippen LogP contribution in [0.25, 0.3) is 0 Å². The fourth-order valence-electron chi connectivity index (χ4n) is 1.48. The highest BCUT2D eigenvalue weighted by Crippen LogP contribution is 2.07. The molecule has 0 aliphatic heterocycles. The molecule has 0 bridgehead atoms. The Morgan fingerprint density at radius 3 is 2.47 bits per heavy atom. The first-order chi connectivity index (χ1) is 7.17. The second-order valence-electron chi connectivity index (χ2n) is 3.73. The van der Waals surface area contributed by atoms with Crippen LogP contribution in [0, 0.1) is 0 Å². The third-order valence-corrected chi connectivity index (χ3v) is 2.41. The molecule has 0 saturated heterocycles. The smallest absolute Gasteiger partial charge is 0.249 e. The molecule has 0 aromatic heterocycles. The molecule has 3 heteroatoms. The molecule has 0 aromatic rings. The first kappa shape index (κ1) is 14.2. The number of likely N-dealkylation sites (N-methyl/N-ethyl adjacent to an activating group) is 1. The average Bonchev–Trinajstić information content (AvgIpc) is 2.24. The highest BCUT2D eigenvalue weighted by Gasteiger charge is 2.13. The molecule has 0 aromatic carbocycles. The summed E-state index contributed by atoms with van der Waals surface area (Å²) in [6.07, 6.45) is 3.73. The Morgan fingerprint density at radius 1 is 1.33 bits per heavy atom. The second-order valence-corrected chi connectivity index (χ2v) is 3.73. The van der Waals surface area contributed by atoms with Crippen molar-refractivity contribution in [3.05, 3.63) is 12.2 Å². The summed E-state index contributed by atoms with van der Waals surface area (Å²) in [4.78, 5) is 13.7. The van der Waals surface area contributed by atoms with Gasteiger partial charge in [-0.05, 0) is 32.7 Å². The zero-order valence-corrected chi connectivity index (χ0v) is 10.1. The summed E-state index contributed by atoms with van der Waals surface area (Å²) >= 11 is 0. The highest BCUT2D eigenvalue weighted by atomic mass is 16.2. The molecule has 0 saturated carbocycles. The maximum absolute atomic E-state index is 11.9. The number of unbranched alkanes of at least 4 members (excludes halogenated alkanes) is 1. The van der Waals surface area contributed by atoms with Gasteiger partial charge in [0.1, 0.15) is 0 Å². The number of hydrogen-bond donors (Lipinski definition) is 1. The fourth-order valence-corrected chi connectivity index (χ4v) is 1.48. The van der Waals surface area contributed by atoms with Crippen LogP contribution in [-0.4, -0.2) is 30.4 Å². The lowest BCUT2D eigenvalue weighted by molar-refractivity contribution is -0.127. The Hall–Kier alpha value is -0.830. The first-order valence-electron chi connectivity index (χ1n) is 5.84. The molecule has 1 amide bonds. The van der Waals surface area contributed by atoms with Crippen molar-refractivity contribution in [2.45, 2.75) is 39.5 Å². The number of hydrogen-bond acceptors (Lipinski definition) is 2. The molecule has 0 aliphatic rings. The average molecular weight is 212 g/mol. The minimum Gasteiger partial charge on any atom is -0.339 e. The van der Waals surface area contributed by atoms with Crippen LogP contribution in [0.15, 0.2) is 12.2 Å². The van der Waals surface area contributed by atoms with Crippen LogP contribution in [0.1, 0.15) is 39.5 Å². The lowest BCUT2D eigenvalue weighted by atomic mass is 10.1. The molecule has 2 N–H and O–H groups in total. The van der Waals surface area contributed by atoms with E-state index in [1.54, 1.807) is 0 Å². The van der Waals surface area contributed by atoms with E-state index >= 15 is 0 Å². The number of carbonyl (C=O) groups excluding carboxylic acids is 1. The van der Waals surface area contributed by atoms with Crippen LogP contribution in [0.2, 0.25) is 0 Å². The minimum atomic E-state index is 0.108. The van der Waals surface area contributed by atoms with Gasteiger partial charge in [-0.15, -0.1) is 0 Å². The van der Waals surface area contributed by atoms with Crippen molar-refractivity contribution in [3.8, 4) is 0 Å². The first-order valence-corrected chi connectivity index (χ1v) is 5.84. The molecule has 88 valence electrons. The molecule has 0 atom stereocenters. The van der Waals surface area contributed by atoms with Gasteiger partial charge in [0, 0.05) is 18.7 Å². The van der Waals surface area contributed by atoms with Crippen molar-refractivity contribution < 1.29 is 4.79 Å². The molecular weight excluding hydrogens is 188 g/mol. The molecule has 0 aliphatic carbocycles. The van der Waals surface area contributed by atoms with E-state index in [1.165, 1.54) is 0 Å². The van der Waals surface area contributed by atoms with Gasteiger partial charge in [0.2, 0.25) is 5.91 Å². The minimum absolute atomic E-state index is 0.108. The molecule has 0 fully saturated rings. The van der Waals surface area contributed by atoms with Gasteiger partial charge in [-0.3, -0.25) is 4.79 Å². The third-order valence-electron chi connectivity index (χ3n) is 2.41. The van der Waals surface area contributed by atoms with Gasteiger partial charge >= 0.3 is 0 Å². The van der Waals surface area contributed by atoms with Crippen molar-refractivity contribution in [1.29, 1.82) is 0 Å². The van der Waals surface area contributed by atoms with Gasteiger partial charge in [-0.1, -0.05) is 19.9 Å². The summed E-state index contributed by atoms with van der Waals surface area (Å²) in [6.45, 7) is 10.1. The summed E-state index contributed by atoms with van der Waals surface area (Å²) in [5.41, 5.74) is 6.15. The van der Waals surface area contributed by atoms with Gasteiger partial charge in [0.25, 0.3) is 0 Å². The van der Waals surface area contributed by atoms with E-state index in [4.69, 9.17) is 5.73 Å². The molecule has 0 unspecified atom stereocenters. The normalized spacial score (nSPS) is 10.1. The molecular formula is C12H24N2O. The number of nitrogens with two attached hydrogens (primary N) is 1. The molecule has 0 heterocycles. The topological polar surface area (TPSA) is 46.3 Å². The largest absolute Gasteiger partial charge is 0.339 e. The lowest BCUT2D eigenvalue weighted by Gasteiger charge is -2.21. The maximum Gasteiger partial charge on any atom is 0.249 e. The van der Waals surface area contributed by atoms with Crippen molar-refractivity contribution >= 4 is 5.91 Å². The fraction of sp³-hybridized carbons (Fsp3) is 0.750.